The molecule has 2 atom stereocenters. The fourth-order valence-corrected chi connectivity index (χ4v) is 1.80. The highest BCUT2D eigenvalue weighted by molar-refractivity contribution is 7.98. The quantitative estimate of drug-likeness (QED) is 0.514. The molecule has 5 heteroatoms. The van der Waals surface area contributed by atoms with Gasteiger partial charge in [0.15, 0.2) is 11.6 Å². The highest BCUT2D eigenvalue weighted by Gasteiger charge is 2.52. The van der Waals surface area contributed by atoms with Crippen molar-refractivity contribution in [3.8, 4) is 0 Å². The molecule has 1 rings (SSSR count). The van der Waals surface area contributed by atoms with E-state index in [1.165, 1.54) is 0 Å². The van der Waals surface area contributed by atoms with Crippen LogP contribution in [-0.2, 0) is 14.3 Å². The summed E-state index contributed by atoms with van der Waals surface area (Å²) in [5.74, 6) is -0.199. The first-order valence-electron chi connectivity index (χ1n) is 4.05. The number of ether oxygens (including phenoxy) is 1. The molecule has 1 aliphatic rings. The van der Waals surface area contributed by atoms with Gasteiger partial charge >= 0.3 is 5.97 Å². The predicted molar refractivity (Wildman–Crippen MR) is 50.5 cm³/mol. The zero-order chi connectivity index (χ0) is 10.1. The second kappa shape index (κ2) is 3.67. The number of cyclic esters (lactones) is 1. The molecule has 4 nitrogen and oxygen atoms in total. The van der Waals surface area contributed by atoms with Crippen LogP contribution in [0.2, 0.25) is 0 Å². The average Bonchev–Trinajstić information content (AvgIpc) is 2.28. The molecule has 0 aromatic carbocycles. The lowest BCUT2D eigenvalue weighted by Gasteiger charge is -2.15. The molecule has 74 valence electrons. The monoisotopic (exact) mass is 203 g/mol. The summed E-state index contributed by atoms with van der Waals surface area (Å²) < 4.78 is 4.76. The molecule has 2 unspecified atom stereocenters. The van der Waals surface area contributed by atoms with Crippen LogP contribution in [0.1, 0.15) is 13.3 Å². The first-order chi connectivity index (χ1) is 6.02. The van der Waals surface area contributed by atoms with Gasteiger partial charge in [0.1, 0.15) is 0 Å². The molecule has 1 heterocycles. The maximum atomic E-state index is 11.5. The lowest BCUT2D eigenvalue weighted by molar-refractivity contribution is -0.144. The minimum absolute atomic E-state index is 0.299. The van der Waals surface area contributed by atoms with Gasteiger partial charge in [-0.1, -0.05) is 0 Å². The van der Waals surface area contributed by atoms with Crippen molar-refractivity contribution < 1.29 is 14.3 Å². The SMILES string of the molecule is CSCCC1(N)C(=O)OC(C)C1=O. The number of hydrogen-bond acceptors (Lipinski definition) is 5. The molecule has 0 aliphatic carbocycles. The molecule has 1 saturated heterocycles. The van der Waals surface area contributed by atoms with E-state index in [0.29, 0.717) is 12.2 Å². The molecular formula is C8H13NO3S. The van der Waals surface area contributed by atoms with E-state index in [9.17, 15) is 9.59 Å². The molecule has 0 bridgehead atoms. The number of rotatable bonds is 3. The zero-order valence-corrected chi connectivity index (χ0v) is 8.52. The number of esters is 1. The zero-order valence-electron chi connectivity index (χ0n) is 7.70. The first-order valence-corrected chi connectivity index (χ1v) is 5.45. The van der Waals surface area contributed by atoms with Crippen molar-refractivity contribution in [3.05, 3.63) is 0 Å². The van der Waals surface area contributed by atoms with E-state index >= 15 is 0 Å². The number of hydrogen-bond donors (Lipinski definition) is 1. The van der Waals surface area contributed by atoms with Crippen molar-refractivity contribution in [1.82, 2.24) is 0 Å². The largest absolute Gasteiger partial charge is 0.453 e. The lowest BCUT2D eigenvalue weighted by atomic mass is 9.92. The Morgan fingerprint density at radius 2 is 2.23 bits per heavy atom. The molecule has 2 N–H and O–H groups in total. The van der Waals surface area contributed by atoms with Crippen molar-refractivity contribution in [2.24, 2.45) is 5.73 Å². The summed E-state index contributed by atoms with van der Waals surface area (Å²) in [6, 6.07) is 0. The van der Waals surface area contributed by atoms with Gasteiger partial charge in [-0.05, 0) is 25.4 Å². The first kappa shape index (κ1) is 10.5. The Kier molecular flexibility index (Phi) is 2.98. The van der Waals surface area contributed by atoms with Crippen LogP contribution in [0.25, 0.3) is 0 Å². The summed E-state index contributed by atoms with van der Waals surface area (Å²) in [6.45, 7) is 1.55. The standard InChI is InChI=1S/C8H13NO3S/c1-5-6(10)8(9,3-4-13-2)7(11)12-5/h5H,3-4,9H2,1-2H3. The fourth-order valence-electron chi connectivity index (χ4n) is 1.27. The number of carbonyl (C=O) groups excluding carboxylic acids is 2. The topological polar surface area (TPSA) is 69.4 Å². The number of Topliss-reactive ketones (excluding diaryl/α,β-unsaturated/α-hetero) is 1. The molecule has 0 radical (unpaired) electrons. The molecule has 0 aromatic rings. The summed E-state index contributed by atoms with van der Waals surface area (Å²) >= 11 is 1.55. The van der Waals surface area contributed by atoms with Gasteiger partial charge < -0.3 is 10.5 Å². The second-order valence-electron chi connectivity index (χ2n) is 3.13. The third-order valence-corrected chi connectivity index (χ3v) is 2.77. The van der Waals surface area contributed by atoms with Crippen LogP contribution in [0, 0.1) is 0 Å². The van der Waals surface area contributed by atoms with Crippen LogP contribution < -0.4 is 5.73 Å². The van der Waals surface area contributed by atoms with E-state index in [0.717, 1.165) is 0 Å². The third kappa shape index (κ3) is 1.71. The Morgan fingerprint density at radius 1 is 1.62 bits per heavy atom. The van der Waals surface area contributed by atoms with E-state index in [1.54, 1.807) is 18.7 Å². The van der Waals surface area contributed by atoms with Gasteiger partial charge in [0.05, 0.1) is 0 Å². The molecule has 1 fully saturated rings. The number of nitrogens with two attached hydrogens (primary N) is 1. The maximum absolute atomic E-state index is 11.5. The van der Waals surface area contributed by atoms with E-state index in [1.807, 2.05) is 6.26 Å². The molecule has 0 amide bonds. The summed E-state index contributed by atoms with van der Waals surface area (Å²) in [7, 11) is 0. The normalized spacial score (nSPS) is 33.6. The Balaban J connectivity index is 2.75. The number of ketones is 1. The van der Waals surface area contributed by atoms with Crippen molar-refractivity contribution in [1.29, 1.82) is 0 Å². The molecular weight excluding hydrogens is 190 g/mol. The summed E-state index contributed by atoms with van der Waals surface area (Å²) in [4.78, 5) is 22.7. The van der Waals surface area contributed by atoms with Gasteiger partial charge in [0.2, 0.25) is 5.78 Å². The minimum Gasteiger partial charge on any atom is -0.453 e. The van der Waals surface area contributed by atoms with Crippen molar-refractivity contribution >= 4 is 23.5 Å². The van der Waals surface area contributed by atoms with E-state index in [4.69, 9.17) is 10.5 Å². The van der Waals surface area contributed by atoms with Gasteiger partial charge in [-0.3, -0.25) is 4.79 Å². The van der Waals surface area contributed by atoms with Gasteiger partial charge in [-0.2, -0.15) is 11.8 Å². The van der Waals surface area contributed by atoms with Crippen molar-refractivity contribution in [2.45, 2.75) is 25.0 Å². The summed E-state index contributed by atoms with van der Waals surface area (Å²) in [6.07, 6.45) is 1.58. The van der Waals surface area contributed by atoms with Gasteiger partial charge in [0.25, 0.3) is 0 Å². The summed E-state index contributed by atoms with van der Waals surface area (Å²) in [5, 5.41) is 0. The van der Waals surface area contributed by atoms with Gasteiger partial charge in [0, 0.05) is 0 Å². The Bertz CT molecular complexity index is 244. The highest BCUT2D eigenvalue weighted by Crippen LogP contribution is 2.23. The van der Waals surface area contributed by atoms with Crippen LogP contribution in [0.5, 0.6) is 0 Å². The maximum Gasteiger partial charge on any atom is 0.334 e. The number of carbonyl (C=O) groups is 2. The molecule has 0 aromatic heterocycles. The Labute approximate surface area is 81.2 Å². The fraction of sp³-hybridized carbons (Fsp3) is 0.750. The lowest BCUT2D eigenvalue weighted by Crippen LogP contribution is -2.51. The third-order valence-electron chi connectivity index (χ3n) is 2.16. The van der Waals surface area contributed by atoms with E-state index in [-0.39, 0.29) is 5.78 Å². The van der Waals surface area contributed by atoms with Crippen LogP contribution in [0.3, 0.4) is 0 Å². The second-order valence-corrected chi connectivity index (χ2v) is 4.11. The van der Waals surface area contributed by atoms with Gasteiger partial charge in [-0.25, -0.2) is 4.79 Å². The predicted octanol–water partition coefficient (Wildman–Crippen LogP) is -0.0486. The Morgan fingerprint density at radius 3 is 2.62 bits per heavy atom. The average molecular weight is 203 g/mol. The Hall–Kier alpha value is -0.550. The minimum atomic E-state index is -1.39. The summed E-state index contributed by atoms with van der Waals surface area (Å²) in [5.41, 5.74) is 4.30. The van der Waals surface area contributed by atoms with Crippen LogP contribution in [-0.4, -0.2) is 35.4 Å². The van der Waals surface area contributed by atoms with Crippen LogP contribution in [0.4, 0.5) is 0 Å². The smallest absolute Gasteiger partial charge is 0.334 e. The number of thioether (sulfide) groups is 1. The molecule has 13 heavy (non-hydrogen) atoms. The van der Waals surface area contributed by atoms with E-state index < -0.39 is 17.6 Å². The molecule has 0 spiro atoms. The van der Waals surface area contributed by atoms with Crippen molar-refractivity contribution in [3.63, 3.8) is 0 Å². The molecule has 1 aliphatic heterocycles. The van der Waals surface area contributed by atoms with E-state index in [2.05, 4.69) is 0 Å². The van der Waals surface area contributed by atoms with Crippen LogP contribution >= 0.6 is 11.8 Å². The van der Waals surface area contributed by atoms with Crippen molar-refractivity contribution in [2.75, 3.05) is 12.0 Å². The van der Waals surface area contributed by atoms with Gasteiger partial charge in [-0.15, -0.1) is 0 Å². The highest BCUT2D eigenvalue weighted by atomic mass is 32.2. The van der Waals surface area contributed by atoms with Crippen LogP contribution in [0.15, 0.2) is 0 Å². The molecule has 0 saturated carbocycles.